The zero-order chi connectivity index (χ0) is 14.2. The van der Waals surface area contributed by atoms with Crippen molar-refractivity contribution in [2.24, 2.45) is 7.05 Å². The molecule has 1 unspecified atom stereocenters. The molecule has 0 aliphatic heterocycles. The normalized spacial score (nSPS) is 13.5. The molecule has 0 saturated carbocycles. The van der Waals surface area contributed by atoms with Crippen molar-refractivity contribution < 1.29 is 22.5 Å². The van der Waals surface area contributed by atoms with Gasteiger partial charge in [0.25, 0.3) is 0 Å². The van der Waals surface area contributed by atoms with Crippen LogP contribution < -0.4 is 0 Å². The number of halogens is 3. The lowest BCUT2D eigenvalue weighted by atomic mass is 10.1. The maximum absolute atomic E-state index is 12.3. The van der Waals surface area contributed by atoms with E-state index in [0.29, 0.717) is 5.69 Å². The molecule has 0 amide bonds. The Morgan fingerprint density at radius 1 is 1.47 bits per heavy atom. The van der Waals surface area contributed by atoms with Gasteiger partial charge >= 0.3 is 6.18 Å². The molecule has 1 atom stereocenters. The quantitative estimate of drug-likeness (QED) is 0.851. The Hall–Kier alpha value is -2.19. The van der Waals surface area contributed by atoms with E-state index >= 15 is 0 Å². The zero-order valence-electron chi connectivity index (χ0n) is 9.97. The van der Waals surface area contributed by atoms with Gasteiger partial charge in [-0.15, -0.1) is 0 Å². The van der Waals surface area contributed by atoms with E-state index in [-0.39, 0.29) is 11.7 Å². The Kier molecular flexibility index (Phi) is 3.13. The molecule has 19 heavy (non-hydrogen) atoms. The summed E-state index contributed by atoms with van der Waals surface area (Å²) in [7, 11) is 1.67. The number of alkyl halides is 3. The lowest BCUT2D eigenvalue weighted by Crippen LogP contribution is -2.27. The van der Waals surface area contributed by atoms with Gasteiger partial charge in [-0.3, -0.25) is 9.48 Å². The molecule has 2 heterocycles. The lowest BCUT2D eigenvalue weighted by molar-refractivity contribution is -0.172. The fourth-order valence-electron chi connectivity index (χ4n) is 1.41. The number of carbonyl (C=O) groups is 1. The minimum Gasteiger partial charge on any atom is -0.338 e. The predicted octanol–water partition coefficient (Wildman–Crippen LogP) is 1.70. The average molecular weight is 274 g/mol. The van der Waals surface area contributed by atoms with Crippen LogP contribution in [0.25, 0.3) is 11.5 Å². The standard InChI is InChI=1S/C10H9F3N4O2/c1-5(7(18)10(11,12)13)9-14-8(16-19-9)6-3-4-17(2)15-6/h3-5H,1-2H3. The fourth-order valence-corrected chi connectivity index (χ4v) is 1.41. The maximum Gasteiger partial charge on any atom is 0.450 e. The Labute approximate surface area is 105 Å². The summed E-state index contributed by atoms with van der Waals surface area (Å²) in [6.45, 7) is 1.06. The van der Waals surface area contributed by atoms with Gasteiger partial charge in [0.1, 0.15) is 11.6 Å². The third-order valence-corrected chi connectivity index (χ3v) is 2.43. The van der Waals surface area contributed by atoms with Gasteiger partial charge in [-0.1, -0.05) is 5.16 Å². The number of hydrogen-bond donors (Lipinski definition) is 0. The predicted molar refractivity (Wildman–Crippen MR) is 56.0 cm³/mol. The summed E-state index contributed by atoms with van der Waals surface area (Å²) in [4.78, 5) is 14.8. The lowest BCUT2D eigenvalue weighted by Gasteiger charge is -2.07. The molecule has 0 aromatic carbocycles. The molecule has 0 spiro atoms. The molecule has 102 valence electrons. The average Bonchev–Trinajstić information content (AvgIpc) is 2.94. The Balaban J connectivity index is 2.24. The summed E-state index contributed by atoms with van der Waals surface area (Å²) in [6, 6.07) is 1.57. The van der Waals surface area contributed by atoms with Gasteiger partial charge < -0.3 is 4.52 Å². The fraction of sp³-hybridized carbons (Fsp3) is 0.400. The monoisotopic (exact) mass is 274 g/mol. The molecule has 0 bridgehead atoms. The van der Waals surface area contributed by atoms with Gasteiger partial charge in [0.2, 0.25) is 17.5 Å². The van der Waals surface area contributed by atoms with E-state index in [0.717, 1.165) is 6.92 Å². The van der Waals surface area contributed by atoms with Gasteiger partial charge in [0, 0.05) is 13.2 Å². The summed E-state index contributed by atoms with van der Waals surface area (Å²) < 4.78 is 42.9. The first kappa shape index (κ1) is 13.2. The van der Waals surface area contributed by atoms with Crippen LogP contribution in [-0.4, -0.2) is 31.9 Å². The largest absolute Gasteiger partial charge is 0.450 e. The second-order valence-corrected chi connectivity index (χ2v) is 3.91. The third kappa shape index (κ3) is 2.64. The summed E-state index contributed by atoms with van der Waals surface area (Å²) >= 11 is 0. The molecule has 0 fully saturated rings. The smallest absolute Gasteiger partial charge is 0.338 e. The van der Waals surface area contributed by atoms with Gasteiger partial charge in [0.05, 0.1) is 0 Å². The highest BCUT2D eigenvalue weighted by Gasteiger charge is 2.44. The summed E-state index contributed by atoms with van der Waals surface area (Å²) in [5.74, 6) is -3.81. The number of aryl methyl sites for hydroxylation is 1. The SMILES string of the molecule is CC(C(=O)C(F)(F)F)c1nc(-c2ccn(C)n2)no1. The summed E-state index contributed by atoms with van der Waals surface area (Å²) in [5.41, 5.74) is 0.351. The second kappa shape index (κ2) is 4.48. The number of rotatable bonds is 3. The van der Waals surface area contributed by atoms with Crippen molar-refractivity contribution in [3.05, 3.63) is 18.2 Å². The van der Waals surface area contributed by atoms with Crippen LogP contribution in [0.3, 0.4) is 0 Å². The van der Waals surface area contributed by atoms with E-state index in [2.05, 4.69) is 19.8 Å². The molecule has 0 aliphatic carbocycles. The maximum atomic E-state index is 12.3. The Bertz CT molecular complexity index is 602. The van der Waals surface area contributed by atoms with Crippen LogP contribution in [0.5, 0.6) is 0 Å². The molecule has 2 aromatic rings. The molecule has 0 saturated heterocycles. The first-order chi connectivity index (χ1) is 8.79. The van der Waals surface area contributed by atoms with E-state index < -0.39 is 17.9 Å². The van der Waals surface area contributed by atoms with Crippen molar-refractivity contribution in [2.75, 3.05) is 0 Å². The van der Waals surface area contributed by atoms with Crippen LogP contribution in [-0.2, 0) is 11.8 Å². The topological polar surface area (TPSA) is 73.8 Å². The highest BCUT2D eigenvalue weighted by Crippen LogP contribution is 2.27. The molecular formula is C10H9F3N4O2. The number of carbonyl (C=O) groups excluding carboxylic acids is 1. The van der Waals surface area contributed by atoms with Crippen LogP contribution in [0.15, 0.2) is 16.8 Å². The number of Topliss-reactive ketones (excluding diaryl/α,β-unsaturated/α-hetero) is 1. The summed E-state index contributed by atoms with van der Waals surface area (Å²) in [6.07, 6.45) is -3.31. The van der Waals surface area contributed by atoms with Crippen LogP contribution in [0, 0.1) is 0 Å². The van der Waals surface area contributed by atoms with E-state index in [1.807, 2.05) is 0 Å². The van der Waals surface area contributed by atoms with Crippen LogP contribution in [0.4, 0.5) is 13.2 Å². The molecule has 2 rings (SSSR count). The van der Waals surface area contributed by atoms with Crippen molar-refractivity contribution in [3.8, 4) is 11.5 Å². The van der Waals surface area contributed by atoms with Gasteiger partial charge in [-0.05, 0) is 13.0 Å². The van der Waals surface area contributed by atoms with Crippen molar-refractivity contribution >= 4 is 5.78 Å². The van der Waals surface area contributed by atoms with E-state index in [9.17, 15) is 18.0 Å². The Morgan fingerprint density at radius 3 is 2.68 bits per heavy atom. The minimum absolute atomic E-state index is 0.0393. The van der Waals surface area contributed by atoms with Crippen molar-refractivity contribution in [3.63, 3.8) is 0 Å². The van der Waals surface area contributed by atoms with Gasteiger partial charge in [0.15, 0.2) is 0 Å². The van der Waals surface area contributed by atoms with Crippen molar-refractivity contribution in [2.45, 2.75) is 19.0 Å². The molecule has 0 radical (unpaired) electrons. The van der Waals surface area contributed by atoms with Crippen LogP contribution in [0.2, 0.25) is 0 Å². The van der Waals surface area contributed by atoms with E-state index in [1.54, 1.807) is 19.3 Å². The first-order valence-corrected chi connectivity index (χ1v) is 5.23. The molecular weight excluding hydrogens is 265 g/mol. The van der Waals surface area contributed by atoms with Crippen molar-refractivity contribution in [1.82, 2.24) is 19.9 Å². The molecule has 2 aromatic heterocycles. The zero-order valence-corrected chi connectivity index (χ0v) is 9.97. The molecule has 0 N–H and O–H groups in total. The van der Waals surface area contributed by atoms with E-state index in [1.165, 1.54) is 4.68 Å². The number of hydrogen-bond acceptors (Lipinski definition) is 5. The summed E-state index contributed by atoms with van der Waals surface area (Å²) in [5, 5.41) is 7.48. The molecule has 0 aliphatic rings. The third-order valence-electron chi connectivity index (χ3n) is 2.43. The Morgan fingerprint density at radius 2 is 2.16 bits per heavy atom. The first-order valence-electron chi connectivity index (χ1n) is 5.23. The van der Waals surface area contributed by atoms with Crippen molar-refractivity contribution in [1.29, 1.82) is 0 Å². The number of ketones is 1. The number of aromatic nitrogens is 4. The number of nitrogens with zero attached hydrogens (tertiary/aromatic N) is 4. The highest BCUT2D eigenvalue weighted by molar-refractivity contribution is 5.89. The van der Waals surface area contributed by atoms with Crippen LogP contribution >= 0.6 is 0 Å². The highest BCUT2D eigenvalue weighted by atomic mass is 19.4. The van der Waals surface area contributed by atoms with Crippen LogP contribution in [0.1, 0.15) is 18.7 Å². The second-order valence-electron chi connectivity index (χ2n) is 3.91. The molecule has 9 heteroatoms. The van der Waals surface area contributed by atoms with E-state index in [4.69, 9.17) is 0 Å². The van der Waals surface area contributed by atoms with Gasteiger partial charge in [-0.2, -0.15) is 23.3 Å². The molecule has 6 nitrogen and oxygen atoms in total. The minimum atomic E-state index is -4.93. The van der Waals surface area contributed by atoms with Gasteiger partial charge in [-0.25, -0.2) is 0 Å².